The lowest BCUT2D eigenvalue weighted by atomic mass is 10.4. The Bertz CT molecular complexity index is 417. The van der Waals surface area contributed by atoms with Crippen molar-refractivity contribution in [3.8, 4) is 0 Å². The van der Waals surface area contributed by atoms with Crippen molar-refractivity contribution in [2.24, 2.45) is 0 Å². The van der Waals surface area contributed by atoms with Gasteiger partial charge in [0.1, 0.15) is 15.7 Å². The van der Waals surface area contributed by atoms with E-state index in [4.69, 9.17) is 0 Å². The van der Waals surface area contributed by atoms with E-state index in [1.807, 2.05) is 6.92 Å². The van der Waals surface area contributed by atoms with Crippen LogP contribution < -0.4 is 5.32 Å². The highest BCUT2D eigenvalue weighted by Gasteiger charge is 2.02. The topological polar surface area (TPSA) is 72.0 Å². The maximum atomic E-state index is 10.9. The highest BCUT2D eigenvalue weighted by atomic mass is 32.2. The number of anilines is 1. The largest absolute Gasteiger partial charge is 0.369 e. The fraction of sp³-hybridized carbons (Fsp3) is 0.556. The van der Waals surface area contributed by atoms with Crippen LogP contribution in [0.4, 0.5) is 5.82 Å². The van der Waals surface area contributed by atoms with Crippen LogP contribution >= 0.6 is 0 Å². The fourth-order valence-corrected chi connectivity index (χ4v) is 1.79. The van der Waals surface area contributed by atoms with Crippen LogP contribution in [0.2, 0.25) is 0 Å². The number of hydrogen-bond acceptors (Lipinski definition) is 5. The SMILES string of the molecule is Cc1nccnc1NCCCS(C)(=O)=O. The predicted molar refractivity (Wildman–Crippen MR) is 59.6 cm³/mol. The molecule has 0 fully saturated rings. The highest BCUT2D eigenvalue weighted by Crippen LogP contribution is 2.05. The number of nitrogens with one attached hydrogen (secondary N) is 1. The number of aryl methyl sites for hydroxylation is 1. The van der Waals surface area contributed by atoms with Crippen LogP contribution in [0.25, 0.3) is 0 Å². The first-order chi connectivity index (χ1) is 6.99. The first-order valence-corrected chi connectivity index (χ1v) is 6.74. The van der Waals surface area contributed by atoms with Crippen molar-refractivity contribution in [2.45, 2.75) is 13.3 Å². The molecule has 0 bridgehead atoms. The lowest BCUT2D eigenvalue weighted by Crippen LogP contribution is -2.11. The molecule has 0 spiro atoms. The van der Waals surface area contributed by atoms with Gasteiger partial charge in [-0.25, -0.2) is 13.4 Å². The van der Waals surface area contributed by atoms with Crippen LogP contribution in [0.1, 0.15) is 12.1 Å². The smallest absolute Gasteiger partial charge is 0.147 e. The first kappa shape index (κ1) is 11.9. The van der Waals surface area contributed by atoms with E-state index in [1.54, 1.807) is 12.4 Å². The summed E-state index contributed by atoms with van der Waals surface area (Å²) in [5.41, 5.74) is 0.817. The van der Waals surface area contributed by atoms with Gasteiger partial charge in [0.25, 0.3) is 0 Å². The Kier molecular flexibility index (Phi) is 4.02. The summed E-state index contributed by atoms with van der Waals surface area (Å²) in [5, 5.41) is 3.05. The summed E-state index contributed by atoms with van der Waals surface area (Å²) in [5.74, 6) is 0.908. The van der Waals surface area contributed by atoms with Crippen molar-refractivity contribution < 1.29 is 8.42 Å². The monoisotopic (exact) mass is 229 g/mol. The number of hydrogen-bond donors (Lipinski definition) is 1. The van der Waals surface area contributed by atoms with Gasteiger partial charge >= 0.3 is 0 Å². The minimum absolute atomic E-state index is 0.194. The molecule has 0 aromatic carbocycles. The molecule has 15 heavy (non-hydrogen) atoms. The molecule has 0 saturated heterocycles. The van der Waals surface area contributed by atoms with Gasteiger partial charge in [-0.05, 0) is 13.3 Å². The third-order valence-corrected chi connectivity index (χ3v) is 2.90. The molecule has 6 heteroatoms. The van der Waals surface area contributed by atoms with Crippen molar-refractivity contribution in [1.82, 2.24) is 9.97 Å². The second-order valence-corrected chi connectivity index (χ2v) is 5.66. The van der Waals surface area contributed by atoms with Crippen LogP contribution in [-0.4, -0.2) is 36.9 Å². The number of sulfone groups is 1. The zero-order valence-corrected chi connectivity index (χ0v) is 9.71. The third-order valence-electron chi connectivity index (χ3n) is 1.87. The quantitative estimate of drug-likeness (QED) is 0.750. The summed E-state index contributed by atoms with van der Waals surface area (Å²) in [6, 6.07) is 0. The Hall–Kier alpha value is -1.17. The predicted octanol–water partition coefficient (Wildman–Crippen LogP) is 0.632. The van der Waals surface area contributed by atoms with Gasteiger partial charge in [-0.2, -0.15) is 0 Å². The van der Waals surface area contributed by atoms with Gasteiger partial charge in [0, 0.05) is 25.2 Å². The number of aromatic nitrogens is 2. The molecule has 5 nitrogen and oxygen atoms in total. The summed E-state index contributed by atoms with van der Waals surface area (Å²) in [6.45, 7) is 2.44. The molecule has 1 aromatic rings. The van der Waals surface area contributed by atoms with Gasteiger partial charge in [0.2, 0.25) is 0 Å². The molecule has 1 heterocycles. The Morgan fingerprint density at radius 1 is 1.33 bits per heavy atom. The Morgan fingerprint density at radius 2 is 2.00 bits per heavy atom. The van der Waals surface area contributed by atoms with E-state index in [2.05, 4.69) is 15.3 Å². The van der Waals surface area contributed by atoms with Crippen molar-refractivity contribution in [1.29, 1.82) is 0 Å². The molecule has 0 unspecified atom stereocenters. The van der Waals surface area contributed by atoms with E-state index in [0.717, 1.165) is 5.69 Å². The van der Waals surface area contributed by atoms with Crippen molar-refractivity contribution >= 4 is 15.7 Å². The lowest BCUT2D eigenvalue weighted by Gasteiger charge is -2.06. The minimum Gasteiger partial charge on any atom is -0.369 e. The fourth-order valence-electron chi connectivity index (χ4n) is 1.12. The van der Waals surface area contributed by atoms with Crippen LogP contribution in [0.3, 0.4) is 0 Å². The molecule has 0 saturated carbocycles. The van der Waals surface area contributed by atoms with Crippen LogP contribution in [0.15, 0.2) is 12.4 Å². The Morgan fingerprint density at radius 3 is 2.60 bits per heavy atom. The number of nitrogens with zero attached hydrogens (tertiary/aromatic N) is 2. The highest BCUT2D eigenvalue weighted by molar-refractivity contribution is 7.90. The van der Waals surface area contributed by atoms with Crippen molar-refractivity contribution in [3.05, 3.63) is 18.1 Å². The van der Waals surface area contributed by atoms with E-state index in [-0.39, 0.29) is 5.75 Å². The van der Waals surface area contributed by atoms with E-state index >= 15 is 0 Å². The summed E-state index contributed by atoms with van der Waals surface area (Å²) in [4.78, 5) is 8.15. The second-order valence-electron chi connectivity index (χ2n) is 3.40. The van der Waals surface area contributed by atoms with Crippen LogP contribution in [-0.2, 0) is 9.84 Å². The van der Waals surface area contributed by atoms with E-state index in [0.29, 0.717) is 18.8 Å². The molecule has 0 aliphatic carbocycles. The lowest BCUT2D eigenvalue weighted by molar-refractivity contribution is 0.600. The van der Waals surface area contributed by atoms with Gasteiger partial charge in [0.05, 0.1) is 11.4 Å². The Labute approximate surface area is 89.9 Å². The van der Waals surface area contributed by atoms with Gasteiger partial charge in [0.15, 0.2) is 0 Å². The van der Waals surface area contributed by atoms with Gasteiger partial charge in [-0.15, -0.1) is 0 Å². The van der Waals surface area contributed by atoms with Gasteiger partial charge in [-0.3, -0.25) is 4.98 Å². The molecule has 1 N–H and O–H groups in total. The van der Waals surface area contributed by atoms with Crippen molar-refractivity contribution in [3.63, 3.8) is 0 Å². The summed E-state index contributed by atoms with van der Waals surface area (Å²) in [7, 11) is -2.86. The van der Waals surface area contributed by atoms with Crippen LogP contribution in [0.5, 0.6) is 0 Å². The normalized spacial score (nSPS) is 11.3. The molecule has 0 atom stereocenters. The van der Waals surface area contributed by atoms with E-state index in [9.17, 15) is 8.42 Å². The average Bonchev–Trinajstić information content (AvgIpc) is 2.13. The molecule has 84 valence electrons. The minimum atomic E-state index is -2.86. The standard InChI is InChI=1S/C9H15N3O2S/c1-8-9(12-6-5-10-8)11-4-3-7-15(2,13)14/h5-6H,3-4,7H2,1-2H3,(H,11,12). The maximum absolute atomic E-state index is 10.9. The van der Waals surface area contributed by atoms with Gasteiger partial charge in [-0.1, -0.05) is 0 Å². The summed E-state index contributed by atoms with van der Waals surface area (Å²) >= 11 is 0. The second kappa shape index (κ2) is 5.06. The zero-order valence-electron chi connectivity index (χ0n) is 8.90. The molecular formula is C9H15N3O2S. The molecule has 0 aliphatic rings. The average molecular weight is 229 g/mol. The maximum Gasteiger partial charge on any atom is 0.147 e. The summed E-state index contributed by atoms with van der Waals surface area (Å²) in [6.07, 6.45) is 5.04. The molecule has 0 aliphatic heterocycles. The molecule has 1 rings (SSSR count). The summed E-state index contributed by atoms with van der Waals surface area (Å²) < 4.78 is 21.7. The van der Waals surface area contributed by atoms with E-state index < -0.39 is 9.84 Å². The zero-order chi connectivity index (χ0) is 11.3. The molecular weight excluding hydrogens is 214 g/mol. The molecule has 1 aromatic heterocycles. The molecule has 0 radical (unpaired) electrons. The van der Waals surface area contributed by atoms with Crippen LogP contribution in [0, 0.1) is 6.92 Å². The molecule has 0 amide bonds. The first-order valence-electron chi connectivity index (χ1n) is 4.68. The van der Waals surface area contributed by atoms with Crippen molar-refractivity contribution in [2.75, 3.05) is 23.9 Å². The van der Waals surface area contributed by atoms with Gasteiger partial charge < -0.3 is 5.32 Å². The third kappa shape index (κ3) is 4.73. The number of rotatable bonds is 5. The van der Waals surface area contributed by atoms with E-state index in [1.165, 1.54) is 6.26 Å². The Balaban J connectivity index is 2.36.